The van der Waals surface area contributed by atoms with Crippen LogP contribution < -0.4 is 16.6 Å². The maximum absolute atomic E-state index is 14.2. The number of aliphatic hydroxyl groups excluding tert-OH is 2. The summed E-state index contributed by atoms with van der Waals surface area (Å²) in [6.07, 6.45) is -1.23. The van der Waals surface area contributed by atoms with Crippen molar-refractivity contribution in [2.24, 2.45) is 0 Å². The number of benzene rings is 1. The van der Waals surface area contributed by atoms with Crippen molar-refractivity contribution >= 4 is 28.8 Å². The molecule has 0 aliphatic carbocycles. The van der Waals surface area contributed by atoms with E-state index < -0.39 is 30.0 Å². The fourth-order valence-electron chi connectivity index (χ4n) is 4.08. The second-order valence-electron chi connectivity index (χ2n) is 7.61. The van der Waals surface area contributed by atoms with Crippen LogP contribution in [-0.4, -0.2) is 45.7 Å². The van der Waals surface area contributed by atoms with Crippen LogP contribution in [0.4, 0.5) is 10.1 Å². The number of methoxy groups -OCH3 is 1. The van der Waals surface area contributed by atoms with Crippen molar-refractivity contribution in [1.29, 1.82) is 0 Å². The number of pyridine rings is 2. The molecule has 2 aromatic heterocycles. The second-order valence-corrected chi connectivity index (χ2v) is 7.61. The van der Waals surface area contributed by atoms with Gasteiger partial charge in [0.05, 0.1) is 35.7 Å². The summed E-state index contributed by atoms with van der Waals surface area (Å²) >= 11 is 0. The first kappa shape index (κ1) is 25.9. The number of aliphatic hydroxyl groups is 2. The van der Waals surface area contributed by atoms with Crippen molar-refractivity contribution in [3.8, 4) is 11.4 Å². The number of hydrogen-bond acceptors (Lipinski definition) is 8. The number of aldehydes is 1. The number of ether oxygens (including phenoxy) is 1. The summed E-state index contributed by atoms with van der Waals surface area (Å²) in [5.41, 5.74) is 7.46. The van der Waals surface area contributed by atoms with E-state index in [-0.39, 0.29) is 42.0 Å². The Kier molecular flexibility index (Phi) is 7.95. The quantitative estimate of drug-likeness (QED) is 0.224. The summed E-state index contributed by atoms with van der Waals surface area (Å²) < 4.78 is 20.7. The minimum atomic E-state index is -1.54. The third kappa shape index (κ3) is 4.65. The normalized spacial score (nSPS) is 12.4. The molecule has 0 radical (unpaired) electrons. The van der Waals surface area contributed by atoms with E-state index in [0.29, 0.717) is 34.2 Å². The van der Waals surface area contributed by atoms with Crippen molar-refractivity contribution in [3.05, 3.63) is 56.6 Å². The summed E-state index contributed by atoms with van der Waals surface area (Å²) in [5, 5.41) is 22.3. The van der Waals surface area contributed by atoms with Gasteiger partial charge in [-0.25, -0.2) is 9.37 Å². The van der Waals surface area contributed by atoms with Gasteiger partial charge in [-0.15, -0.1) is 0 Å². The minimum Gasteiger partial charge on any atom is -0.396 e. The summed E-state index contributed by atoms with van der Waals surface area (Å²) in [5.74, 6) is -1.29. The third-order valence-corrected chi connectivity index (χ3v) is 5.66. The number of halogens is 1. The SMILES string of the molecule is CC.COCc1c(C(O)C=O)cc2n(c1=O)Cc1c-2nc2cc(F)c(N)cc2c1CNC(=O)CO. The minimum absolute atomic E-state index is 0.0245. The molecule has 186 valence electrons. The highest BCUT2D eigenvalue weighted by Crippen LogP contribution is 2.37. The number of carbonyl (C=O) groups is 2. The van der Waals surface area contributed by atoms with Gasteiger partial charge >= 0.3 is 0 Å². The molecule has 11 heteroatoms. The lowest BCUT2D eigenvalue weighted by Gasteiger charge is -2.14. The van der Waals surface area contributed by atoms with Crippen molar-refractivity contribution in [2.75, 3.05) is 19.5 Å². The van der Waals surface area contributed by atoms with Crippen LogP contribution in [0.5, 0.6) is 0 Å². The van der Waals surface area contributed by atoms with Crippen molar-refractivity contribution in [1.82, 2.24) is 14.9 Å². The Morgan fingerprint density at radius 3 is 2.69 bits per heavy atom. The third-order valence-electron chi connectivity index (χ3n) is 5.66. The highest BCUT2D eigenvalue weighted by atomic mass is 19.1. The highest BCUT2D eigenvalue weighted by Gasteiger charge is 2.30. The molecular weight excluding hydrogens is 459 g/mol. The van der Waals surface area contributed by atoms with Crippen molar-refractivity contribution in [3.63, 3.8) is 0 Å². The maximum Gasteiger partial charge on any atom is 0.257 e. The van der Waals surface area contributed by atoms with Crippen molar-refractivity contribution < 1.29 is 28.9 Å². The zero-order valence-electron chi connectivity index (χ0n) is 19.6. The molecule has 0 fully saturated rings. The Labute approximate surface area is 200 Å². The van der Waals surface area contributed by atoms with Gasteiger partial charge in [0.1, 0.15) is 18.5 Å². The number of aromatic nitrogens is 2. The van der Waals surface area contributed by atoms with Gasteiger partial charge in [0.15, 0.2) is 6.29 Å². The van der Waals surface area contributed by atoms with Gasteiger partial charge < -0.3 is 35.4 Å². The fourth-order valence-corrected chi connectivity index (χ4v) is 4.08. The average molecular weight is 487 g/mol. The molecule has 1 unspecified atom stereocenters. The van der Waals surface area contributed by atoms with Crippen LogP contribution in [-0.2, 0) is 34.0 Å². The molecule has 35 heavy (non-hydrogen) atoms. The molecule has 4 rings (SSSR count). The van der Waals surface area contributed by atoms with E-state index >= 15 is 0 Å². The van der Waals surface area contributed by atoms with Crippen molar-refractivity contribution in [2.45, 2.75) is 39.6 Å². The average Bonchev–Trinajstić information content (AvgIpc) is 3.23. The van der Waals surface area contributed by atoms with Crippen LogP contribution in [0.15, 0.2) is 23.0 Å². The van der Waals surface area contributed by atoms with Gasteiger partial charge in [-0.2, -0.15) is 0 Å². The number of anilines is 1. The molecule has 3 heterocycles. The van der Waals surface area contributed by atoms with Crippen LogP contribution in [0, 0.1) is 5.82 Å². The summed E-state index contributed by atoms with van der Waals surface area (Å²) in [7, 11) is 1.39. The molecule has 0 bridgehead atoms. The zero-order valence-corrected chi connectivity index (χ0v) is 19.6. The fraction of sp³-hybridized carbons (Fsp3) is 0.333. The molecule has 1 atom stereocenters. The summed E-state index contributed by atoms with van der Waals surface area (Å²) in [6, 6.07) is 4.05. The lowest BCUT2D eigenvalue weighted by atomic mass is 9.99. The van der Waals surface area contributed by atoms with E-state index in [1.165, 1.54) is 23.8 Å². The highest BCUT2D eigenvalue weighted by molar-refractivity contribution is 5.91. The first-order valence-electron chi connectivity index (χ1n) is 11.0. The lowest BCUT2D eigenvalue weighted by Crippen LogP contribution is -2.27. The molecule has 1 aromatic carbocycles. The zero-order chi connectivity index (χ0) is 25.9. The van der Waals surface area contributed by atoms with Gasteiger partial charge in [0, 0.05) is 41.8 Å². The van der Waals surface area contributed by atoms with Gasteiger partial charge in [-0.05, 0) is 17.7 Å². The maximum atomic E-state index is 14.2. The van der Waals surface area contributed by atoms with Crippen LogP contribution in [0.1, 0.15) is 42.2 Å². The van der Waals surface area contributed by atoms with E-state index in [0.717, 1.165) is 6.07 Å². The molecule has 1 amide bonds. The number of rotatable bonds is 7. The molecule has 0 spiro atoms. The molecule has 3 aromatic rings. The van der Waals surface area contributed by atoms with E-state index in [1.54, 1.807) is 0 Å². The molecule has 0 saturated heterocycles. The molecule has 10 nitrogen and oxygen atoms in total. The van der Waals surface area contributed by atoms with Crippen LogP contribution in [0.2, 0.25) is 0 Å². The summed E-state index contributed by atoms with van der Waals surface area (Å²) in [4.78, 5) is 40.7. The number of fused-ring (bicyclic) bond motifs is 4. The number of nitrogens with zero attached hydrogens (tertiary/aromatic N) is 2. The smallest absolute Gasteiger partial charge is 0.257 e. The number of amides is 1. The number of hydrogen-bond donors (Lipinski definition) is 4. The van der Waals surface area contributed by atoms with E-state index in [4.69, 9.17) is 15.6 Å². The number of carbonyl (C=O) groups excluding carboxylic acids is 2. The topological polar surface area (TPSA) is 157 Å². The number of nitrogens with two attached hydrogens (primary N) is 1. The van der Waals surface area contributed by atoms with E-state index in [1.807, 2.05) is 13.8 Å². The Bertz CT molecular complexity index is 1350. The molecular formula is C24H27FN4O6. The van der Waals surface area contributed by atoms with Crippen LogP contribution >= 0.6 is 0 Å². The largest absolute Gasteiger partial charge is 0.396 e. The van der Waals surface area contributed by atoms with E-state index in [9.17, 15) is 23.9 Å². The Morgan fingerprint density at radius 1 is 1.34 bits per heavy atom. The van der Waals surface area contributed by atoms with Crippen LogP contribution in [0.3, 0.4) is 0 Å². The van der Waals surface area contributed by atoms with Crippen LogP contribution in [0.25, 0.3) is 22.3 Å². The van der Waals surface area contributed by atoms with Gasteiger partial charge in [0.25, 0.3) is 5.56 Å². The second kappa shape index (κ2) is 10.7. The Balaban J connectivity index is 0.00000167. The molecule has 1 aliphatic heterocycles. The number of nitrogens with one attached hydrogen (secondary N) is 1. The van der Waals surface area contributed by atoms with Gasteiger partial charge in [0.2, 0.25) is 5.91 Å². The van der Waals surface area contributed by atoms with Gasteiger partial charge in [-0.3, -0.25) is 9.59 Å². The van der Waals surface area contributed by atoms with E-state index in [2.05, 4.69) is 10.3 Å². The Morgan fingerprint density at radius 2 is 2.06 bits per heavy atom. The predicted molar refractivity (Wildman–Crippen MR) is 127 cm³/mol. The first-order chi connectivity index (χ1) is 16.8. The number of nitrogen functional groups attached to an aromatic ring is 1. The Hall–Kier alpha value is -3.67. The predicted octanol–water partition coefficient (Wildman–Crippen LogP) is 1.16. The summed E-state index contributed by atoms with van der Waals surface area (Å²) in [6.45, 7) is 3.23. The molecule has 0 saturated carbocycles. The molecule has 5 N–H and O–H groups in total. The lowest BCUT2D eigenvalue weighted by molar-refractivity contribution is -0.124. The monoisotopic (exact) mass is 486 g/mol. The van der Waals surface area contributed by atoms with Gasteiger partial charge in [-0.1, -0.05) is 13.8 Å². The first-order valence-corrected chi connectivity index (χ1v) is 11.0. The molecule has 1 aliphatic rings. The standard InChI is InChI=1S/C22H21FN4O6.C2H6/c1-33-9-14-11(19(30)7-28)3-18-21-13(6-27(18)22(14)32)12(5-25-20(31)8-29)10-2-16(24)15(23)4-17(10)26-21;1-2/h2-4,7,19,29-30H,5-6,8-9,24H2,1H3,(H,25,31);1-2H3.